The number of fused-ring (bicyclic) bond motifs is 2. The van der Waals surface area contributed by atoms with E-state index in [0.29, 0.717) is 6.10 Å². The van der Waals surface area contributed by atoms with Crippen LogP contribution in [0, 0.1) is 11.8 Å². The van der Waals surface area contributed by atoms with E-state index in [0.717, 1.165) is 11.8 Å². The van der Waals surface area contributed by atoms with E-state index in [4.69, 9.17) is 4.43 Å². The lowest BCUT2D eigenvalue weighted by atomic mass is 9.98. The molecule has 1 nitrogen and oxygen atoms in total. The van der Waals surface area contributed by atoms with Gasteiger partial charge in [0.05, 0.1) is 0 Å². The summed E-state index contributed by atoms with van der Waals surface area (Å²) in [5.74, 6) is 1.96. The summed E-state index contributed by atoms with van der Waals surface area (Å²) in [5, 5.41) is 0. The first kappa shape index (κ1) is 9.72. The highest BCUT2D eigenvalue weighted by Crippen LogP contribution is 2.46. The van der Waals surface area contributed by atoms with Crippen LogP contribution in [-0.2, 0) is 4.43 Å². The van der Waals surface area contributed by atoms with E-state index in [9.17, 15) is 0 Å². The number of rotatable bonds is 3. The molecule has 0 aromatic heterocycles. The van der Waals surface area contributed by atoms with Gasteiger partial charge in [-0.15, -0.1) is 0 Å². The van der Waals surface area contributed by atoms with Gasteiger partial charge in [-0.2, -0.15) is 0 Å². The van der Waals surface area contributed by atoms with Crippen molar-refractivity contribution in [1.82, 2.24) is 0 Å². The minimum Gasteiger partial charge on any atom is -0.414 e. The fourth-order valence-electron chi connectivity index (χ4n) is 2.82. The topological polar surface area (TPSA) is 9.23 Å². The summed E-state index contributed by atoms with van der Waals surface area (Å²) >= 11 is 0. The van der Waals surface area contributed by atoms with Gasteiger partial charge in [0, 0.05) is 6.10 Å². The van der Waals surface area contributed by atoms with Gasteiger partial charge in [-0.1, -0.05) is 6.92 Å². The average Bonchev–Trinajstić information content (AvgIpc) is 2.64. The third-order valence-corrected chi connectivity index (χ3v) is 6.64. The smallest absolute Gasteiger partial charge is 0.186 e. The van der Waals surface area contributed by atoms with Crippen molar-refractivity contribution in [3.05, 3.63) is 0 Å². The van der Waals surface area contributed by atoms with Gasteiger partial charge in [-0.25, -0.2) is 0 Å². The summed E-state index contributed by atoms with van der Waals surface area (Å²) in [6.45, 7) is 7.00. The van der Waals surface area contributed by atoms with Crippen molar-refractivity contribution in [3.8, 4) is 0 Å². The zero-order valence-corrected chi connectivity index (χ0v) is 10.2. The Kier molecular flexibility index (Phi) is 2.54. The van der Waals surface area contributed by atoms with Crippen molar-refractivity contribution in [2.45, 2.75) is 57.8 Å². The van der Waals surface area contributed by atoms with Crippen LogP contribution in [0.2, 0.25) is 19.1 Å². The third kappa shape index (κ3) is 1.99. The SMILES string of the molecule is CC[Si](C)(C)OC1CC2CCC1C2. The van der Waals surface area contributed by atoms with E-state index in [-0.39, 0.29) is 0 Å². The Morgan fingerprint density at radius 1 is 1.23 bits per heavy atom. The molecule has 2 bridgehead atoms. The van der Waals surface area contributed by atoms with Crippen molar-refractivity contribution < 1.29 is 4.43 Å². The Balaban J connectivity index is 1.89. The van der Waals surface area contributed by atoms with Crippen LogP contribution in [0.3, 0.4) is 0 Å². The highest BCUT2D eigenvalue weighted by molar-refractivity contribution is 6.71. The Hall–Kier alpha value is 0.177. The number of hydrogen-bond donors (Lipinski definition) is 0. The molecule has 0 N–H and O–H groups in total. The lowest BCUT2D eigenvalue weighted by molar-refractivity contribution is 0.129. The second kappa shape index (κ2) is 3.39. The predicted octanol–water partition coefficient (Wildman–Crippen LogP) is 3.42. The molecule has 2 aliphatic rings. The second-order valence-corrected chi connectivity index (χ2v) is 9.91. The van der Waals surface area contributed by atoms with Crippen LogP contribution in [0.15, 0.2) is 0 Å². The molecule has 0 heterocycles. The minimum absolute atomic E-state index is 0.653. The van der Waals surface area contributed by atoms with Crippen LogP contribution in [0.1, 0.15) is 32.6 Å². The first-order valence-corrected chi connectivity index (χ1v) is 8.90. The van der Waals surface area contributed by atoms with E-state index >= 15 is 0 Å². The molecular weight excluding hydrogens is 176 g/mol. The van der Waals surface area contributed by atoms with Crippen molar-refractivity contribution in [3.63, 3.8) is 0 Å². The summed E-state index contributed by atoms with van der Waals surface area (Å²) in [6.07, 6.45) is 6.43. The van der Waals surface area contributed by atoms with Crippen LogP contribution >= 0.6 is 0 Å². The fraction of sp³-hybridized carbons (Fsp3) is 1.00. The van der Waals surface area contributed by atoms with Gasteiger partial charge in [-0.3, -0.25) is 0 Å². The Morgan fingerprint density at radius 3 is 2.46 bits per heavy atom. The maximum atomic E-state index is 6.32. The highest BCUT2D eigenvalue weighted by Gasteiger charge is 2.42. The molecular formula is C11H22OSi. The minimum atomic E-state index is -1.28. The summed E-state index contributed by atoms with van der Waals surface area (Å²) in [6, 6.07) is 1.26. The molecule has 2 aliphatic carbocycles. The molecule has 2 fully saturated rings. The van der Waals surface area contributed by atoms with Gasteiger partial charge in [0.2, 0.25) is 0 Å². The van der Waals surface area contributed by atoms with E-state index in [2.05, 4.69) is 20.0 Å². The fourth-order valence-corrected chi connectivity index (χ4v) is 4.10. The van der Waals surface area contributed by atoms with Crippen molar-refractivity contribution in [2.24, 2.45) is 11.8 Å². The maximum absolute atomic E-state index is 6.32. The summed E-state index contributed by atoms with van der Waals surface area (Å²) in [5.41, 5.74) is 0. The summed E-state index contributed by atoms with van der Waals surface area (Å²) in [4.78, 5) is 0. The van der Waals surface area contributed by atoms with E-state index in [1.54, 1.807) is 0 Å². The van der Waals surface area contributed by atoms with Crippen LogP contribution < -0.4 is 0 Å². The molecule has 3 atom stereocenters. The van der Waals surface area contributed by atoms with Crippen LogP contribution in [0.5, 0.6) is 0 Å². The first-order chi connectivity index (χ1) is 6.11. The Morgan fingerprint density at radius 2 is 2.00 bits per heavy atom. The molecule has 0 aromatic carbocycles. The largest absolute Gasteiger partial charge is 0.414 e. The molecule has 76 valence electrons. The lowest BCUT2D eigenvalue weighted by Crippen LogP contribution is -2.37. The van der Waals surface area contributed by atoms with E-state index in [1.807, 2.05) is 0 Å². The molecule has 0 spiro atoms. The van der Waals surface area contributed by atoms with Gasteiger partial charge < -0.3 is 4.43 Å². The molecule has 0 aliphatic heterocycles. The van der Waals surface area contributed by atoms with Crippen molar-refractivity contribution >= 4 is 8.32 Å². The third-order valence-electron chi connectivity index (χ3n) is 4.00. The van der Waals surface area contributed by atoms with Gasteiger partial charge in [-0.05, 0) is 56.7 Å². The normalized spacial score (nSPS) is 38.5. The average molecular weight is 198 g/mol. The molecule has 0 amide bonds. The summed E-state index contributed by atoms with van der Waals surface area (Å²) in [7, 11) is -1.28. The molecule has 2 rings (SSSR count). The van der Waals surface area contributed by atoms with E-state index in [1.165, 1.54) is 31.7 Å². The van der Waals surface area contributed by atoms with Crippen molar-refractivity contribution in [1.29, 1.82) is 0 Å². The Labute approximate surface area is 83.0 Å². The van der Waals surface area contributed by atoms with E-state index < -0.39 is 8.32 Å². The quantitative estimate of drug-likeness (QED) is 0.631. The molecule has 0 aromatic rings. The molecule has 2 saturated carbocycles. The highest BCUT2D eigenvalue weighted by atomic mass is 28.4. The maximum Gasteiger partial charge on any atom is 0.186 e. The standard InChI is InChI=1S/C11H22OSi/c1-4-13(2,3)12-11-8-9-5-6-10(11)7-9/h9-11H,4-8H2,1-3H3. The molecule has 2 heteroatoms. The molecule has 0 saturated heterocycles. The predicted molar refractivity (Wildman–Crippen MR) is 58.3 cm³/mol. The Bertz CT molecular complexity index is 191. The molecule has 3 unspecified atom stereocenters. The van der Waals surface area contributed by atoms with Crippen LogP contribution in [0.4, 0.5) is 0 Å². The van der Waals surface area contributed by atoms with Crippen LogP contribution in [0.25, 0.3) is 0 Å². The first-order valence-electron chi connectivity index (χ1n) is 5.78. The zero-order valence-electron chi connectivity index (χ0n) is 9.18. The lowest BCUT2D eigenvalue weighted by Gasteiger charge is -2.31. The number of hydrogen-bond acceptors (Lipinski definition) is 1. The van der Waals surface area contributed by atoms with Gasteiger partial charge >= 0.3 is 0 Å². The van der Waals surface area contributed by atoms with Gasteiger partial charge in [0.1, 0.15) is 0 Å². The molecule has 13 heavy (non-hydrogen) atoms. The van der Waals surface area contributed by atoms with Crippen LogP contribution in [-0.4, -0.2) is 14.4 Å². The van der Waals surface area contributed by atoms with Gasteiger partial charge in [0.15, 0.2) is 8.32 Å². The summed E-state index contributed by atoms with van der Waals surface area (Å²) < 4.78 is 6.32. The molecule has 0 radical (unpaired) electrons. The van der Waals surface area contributed by atoms with Gasteiger partial charge in [0.25, 0.3) is 0 Å². The zero-order chi connectivity index (χ0) is 9.47. The second-order valence-electron chi connectivity index (χ2n) is 5.44. The monoisotopic (exact) mass is 198 g/mol. The van der Waals surface area contributed by atoms with Crippen molar-refractivity contribution in [2.75, 3.05) is 0 Å².